The molecule has 2 aliphatic carbocycles. The number of anilines is 3. The van der Waals surface area contributed by atoms with Crippen LogP contribution in [0.4, 0.5) is 16.1 Å². The summed E-state index contributed by atoms with van der Waals surface area (Å²) in [5.74, 6) is 1.42. The summed E-state index contributed by atoms with van der Waals surface area (Å²) in [6.07, 6.45) is 11.8. The number of nitrogens with zero attached hydrogens (tertiary/aromatic N) is 7. The van der Waals surface area contributed by atoms with Gasteiger partial charge in [-0.05, 0) is 75.5 Å². The van der Waals surface area contributed by atoms with Gasteiger partial charge in [0.1, 0.15) is 0 Å². The van der Waals surface area contributed by atoms with Gasteiger partial charge in [0.15, 0.2) is 5.82 Å². The van der Waals surface area contributed by atoms with E-state index in [0.717, 1.165) is 69.5 Å². The first-order chi connectivity index (χ1) is 18.1. The quantitative estimate of drug-likeness (QED) is 0.565. The van der Waals surface area contributed by atoms with E-state index < -0.39 is 0 Å². The number of carbonyl (C=O) groups excluding carboxylic acids is 1. The minimum absolute atomic E-state index is 0.0817. The van der Waals surface area contributed by atoms with Crippen molar-refractivity contribution in [1.82, 2.24) is 30.2 Å². The molecule has 2 aromatic rings. The molecule has 2 aromatic heterocycles. The molecule has 1 amide bonds. The average molecular weight is 526 g/mol. The molecule has 2 saturated carbocycles. The largest absolute Gasteiger partial charge is 0.355 e. The molecule has 1 spiro atoms. The highest BCUT2D eigenvalue weighted by atomic mass is 32.1. The lowest BCUT2D eigenvalue weighted by atomic mass is 9.58. The molecule has 2 atom stereocenters. The first kappa shape index (κ1) is 24.9. The predicted molar refractivity (Wildman–Crippen MR) is 146 cm³/mol. The molecule has 6 rings (SSSR count). The summed E-state index contributed by atoms with van der Waals surface area (Å²) in [6, 6.07) is 4.08. The summed E-state index contributed by atoms with van der Waals surface area (Å²) in [4.78, 5) is 20.7. The molecule has 200 valence electrons. The van der Waals surface area contributed by atoms with Crippen molar-refractivity contribution in [2.24, 2.45) is 11.3 Å². The van der Waals surface area contributed by atoms with Crippen LogP contribution in [0.3, 0.4) is 0 Å². The molecule has 2 aliphatic heterocycles. The third-order valence-corrected chi connectivity index (χ3v) is 9.97. The highest BCUT2D eigenvalue weighted by Gasteiger charge is 2.44. The molecular formula is C26H39N9OS. The summed E-state index contributed by atoms with van der Waals surface area (Å²) in [5.41, 5.74) is 0.600. The van der Waals surface area contributed by atoms with Crippen molar-refractivity contribution >= 4 is 33.3 Å². The van der Waals surface area contributed by atoms with E-state index in [1.807, 2.05) is 12.1 Å². The Hall–Kier alpha value is -2.37. The molecule has 4 heterocycles. The number of piperazine rings is 1. The average Bonchev–Trinajstić information content (AvgIpc) is 3.55. The molecule has 0 aromatic carbocycles. The predicted octanol–water partition coefficient (Wildman–Crippen LogP) is 2.93. The van der Waals surface area contributed by atoms with Crippen molar-refractivity contribution in [1.29, 1.82) is 0 Å². The zero-order chi connectivity index (χ0) is 25.2. The lowest BCUT2D eigenvalue weighted by molar-refractivity contribution is -0.125. The monoisotopic (exact) mass is 525 g/mol. The van der Waals surface area contributed by atoms with Gasteiger partial charge in [-0.25, -0.2) is 0 Å². The van der Waals surface area contributed by atoms with Crippen LogP contribution in [-0.4, -0.2) is 94.5 Å². The van der Waals surface area contributed by atoms with Crippen LogP contribution in [0.2, 0.25) is 0 Å². The summed E-state index contributed by atoms with van der Waals surface area (Å²) in [5, 5.41) is 24.9. The van der Waals surface area contributed by atoms with Gasteiger partial charge in [-0.2, -0.15) is 5.10 Å². The smallest absolute Gasteiger partial charge is 0.243 e. The third kappa shape index (κ3) is 5.58. The number of nitrogens with one attached hydrogen (secondary N) is 2. The van der Waals surface area contributed by atoms with E-state index >= 15 is 0 Å². The van der Waals surface area contributed by atoms with Gasteiger partial charge < -0.3 is 15.1 Å². The van der Waals surface area contributed by atoms with Gasteiger partial charge in [-0.1, -0.05) is 17.8 Å². The molecule has 0 radical (unpaired) electrons. The highest BCUT2D eigenvalue weighted by Crippen LogP contribution is 2.53. The van der Waals surface area contributed by atoms with Gasteiger partial charge >= 0.3 is 0 Å². The van der Waals surface area contributed by atoms with Gasteiger partial charge in [0, 0.05) is 51.5 Å². The molecular weight excluding hydrogens is 486 g/mol. The van der Waals surface area contributed by atoms with Gasteiger partial charge in [0.25, 0.3) is 0 Å². The first-order valence-corrected chi connectivity index (χ1v) is 14.7. The molecule has 37 heavy (non-hydrogen) atoms. The van der Waals surface area contributed by atoms with Crippen LogP contribution in [0, 0.1) is 11.3 Å². The molecule has 1 unspecified atom stereocenters. The van der Waals surface area contributed by atoms with Crippen LogP contribution in [-0.2, 0) is 4.79 Å². The molecule has 4 aliphatic rings. The molecule has 10 nitrogen and oxygen atoms in total. The second kappa shape index (κ2) is 10.8. The standard InChI is InChI=1S/C26H39N9OS/c1-33-14-16-34(17-15-33)22(19-5-10-26(11-6-19)8-3-9-26)23(36)29-25-32-31-24(37-25)28-20-7-13-35(18-20)21-4-2-12-27-30-21/h2,4,12,19-20,22H,3,5-11,13-18H2,1H3,(H,28,31)(H,29,32,36)/t20-,22?/m1/s1. The van der Waals surface area contributed by atoms with E-state index in [-0.39, 0.29) is 18.0 Å². The number of aromatic nitrogens is 4. The Morgan fingerprint density at radius 3 is 2.51 bits per heavy atom. The van der Waals surface area contributed by atoms with Gasteiger partial charge in [0.05, 0.1) is 6.04 Å². The summed E-state index contributed by atoms with van der Waals surface area (Å²) >= 11 is 1.43. The number of rotatable bonds is 7. The van der Waals surface area contributed by atoms with E-state index in [2.05, 4.69) is 52.8 Å². The second-order valence-electron chi connectivity index (χ2n) is 11.5. The Morgan fingerprint density at radius 1 is 1.03 bits per heavy atom. The van der Waals surface area contributed by atoms with E-state index in [0.29, 0.717) is 16.5 Å². The Labute approximate surface area is 223 Å². The normalized spacial score (nSPS) is 25.6. The lowest BCUT2D eigenvalue weighted by Crippen LogP contribution is -2.56. The number of carbonyl (C=O) groups is 1. The maximum absolute atomic E-state index is 13.7. The zero-order valence-corrected chi connectivity index (χ0v) is 22.6. The number of hydrogen-bond donors (Lipinski definition) is 2. The van der Waals surface area contributed by atoms with Crippen LogP contribution >= 0.6 is 11.3 Å². The minimum Gasteiger partial charge on any atom is -0.355 e. The summed E-state index contributed by atoms with van der Waals surface area (Å²) in [7, 11) is 2.17. The van der Waals surface area contributed by atoms with Gasteiger partial charge in [-0.3, -0.25) is 15.0 Å². The molecule has 2 saturated heterocycles. The molecule has 0 bridgehead atoms. The van der Waals surface area contributed by atoms with E-state index in [1.165, 1.54) is 43.4 Å². The first-order valence-electron chi connectivity index (χ1n) is 13.9. The Balaban J connectivity index is 1.07. The van der Waals surface area contributed by atoms with Crippen molar-refractivity contribution in [3.05, 3.63) is 18.3 Å². The molecule has 11 heteroatoms. The zero-order valence-electron chi connectivity index (χ0n) is 21.8. The Kier molecular flexibility index (Phi) is 7.27. The lowest BCUT2D eigenvalue weighted by Gasteiger charge is -2.49. The minimum atomic E-state index is -0.0817. The SMILES string of the molecule is CN1CCN(C(C(=O)Nc2nnc(N[C@@H]3CCN(c4cccnn4)C3)s2)C2CCC3(CCC3)CC2)CC1. The maximum atomic E-state index is 13.7. The summed E-state index contributed by atoms with van der Waals surface area (Å²) < 4.78 is 0. The fraction of sp³-hybridized carbons (Fsp3) is 0.731. The molecule has 4 fully saturated rings. The Bertz CT molecular complexity index is 1040. The maximum Gasteiger partial charge on any atom is 0.243 e. The fourth-order valence-electron chi connectivity index (χ4n) is 6.76. The Morgan fingerprint density at radius 2 is 1.81 bits per heavy atom. The number of amides is 1. The van der Waals surface area contributed by atoms with E-state index in [4.69, 9.17) is 0 Å². The van der Waals surface area contributed by atoms with E-state index in [9.17, 15) is 4.79 Å². The van der Waals surface area contributed by atoms with E-state index in [1.54, 1.807) is 6.20 Å². The van der Waals surface area contributed by atoms with Crippen LogP contribution < -0.4 is 15.5 Å². The summed E-state index contributed by atoms with van der Waals surface area (Å²) in [6.45, 7) is 5.69. The van der Waals surface area contributed by atoms with Crippen molar-refractivity contribution in [2.75, 3.05) is 61.8 Å². The second-order valence-corrected chi connectivity index (χ2v) is 12.5. The third-order valence-electron chi connectivity index (χ3n) is 9.20. The van der Waals surface area contributed by atoms with Gasteiger partial charge in [0.2, 0.25) is 16.2 Å². The van der Waals surface area contributed by atoms with Crippen molar-refractivity contribution in [3.8, 4) is 0 Å². The number of likely N-dealkylation sites (N-methyl/N-ethyl adjacent to an activating group) is 1. The highest BCUT2D eigenvalue weighted by molar-refractivity contribution is 7.19. The fourth-order valence-corrected chi connectivity index (χ4v) is 7.48. The van der Waals surface area contributed by atoms with Crippen LogP contribution in [0.1, 0.15) is 51.4 Å². The van der Waals surface area contributed by atoms with Crippen LogP contribution in [0.25, 0.3) is 0 Å². The van der Waals surface area contributed by atoms with Gasteiger partial charge in [-0.15, -0.1) is 15.3 Å². The van der Waals surface area contributed by atoms with Crippen LogP contribution in [0.15, 0.2) is 18.3 Å². The van der Waals surface area contributed by atoms with Crippen molar-refractivity contribution in [2.45, 2.75) is 63.5 Å². The van der Waals surface area contributed by atoms with Crippen LogP contribution in [0.5, 0.6) is 0 Å². The molecule has 2 N–H and O–H groups in total. The van der Waals surface area contributed by atoms with Crippen molar-refractivity contribution in [3.63, 3.8) is 0 Å². The van der Waals surface area contributed by atoms with Crippen molar-refractivity contribution < 1.29 is 4.79 Å². The topological polar surface area (TPSA) is 102 Å². The number of hydrogen-bond acceptors (Lipinski definition) is 10.